The van der Waals surface area contributed by atoms with Crippen LogP contribution in [0.5, 0.6) is 0 Å². The minimum atomic E-state index is -0.375. The summed E-state index contributed by atoms with van der Waals surface area (Å²) in [6, 6.07) is 14.1. The summed E-state index contributed by atoms with van der Waals surface area (Å²) in [5.41, 5.74) is 2.25. The van der Waals surface area contributed by atoms with E-state index >= 15 is 0 Å². The van der Waals surface area contributed by atoms with Gasteiger partial charge in [0.15, 0.2) is 5.82 Å². The van der Waals surface area contributed by atoms with Crippen molar-refractivity contribution in [1.82, 2.24) is 20.0 Å². The molecule has 0 atom stereocenters. The maximum atomic E-state index is 12.3. The maximum absolute atomic E-state index is 12.3. The van der Waals surface area contributed by atoms with Gasteiger partial charge < -0.3 is 10.2 Å². The molecule has 0 aliphatic carbocycles. The van der Waals surface area contributed by atoms with Crippen LogP contribution in [0.2, 0.25) is 0 Å². The standard InChI is InChI=1S/C22H24N6O2/c1-27-21(29)13-11-19(26-27)22(30)23-17-8-6-16(7-9-17)18-10-12-20(25-24-18)28-14-4-2-3-5-15-28/h6-13H,2-5,14-15H2,1H3,(H,23,30). The Hall–Kier alpha value is -3.55. The van der Waals surface area contributed by atoms with Gasteiger partial charge in [-0.05, 0) is 43.2 Å². The van der Waals surface area contributed by atoms with Gasteiger partial charge in [0, 0.05) is 37.5 Å². The molecule has 8 nitrogen and oxygen atoms in total. The van der Waals surface area contributed by atoms with Crippen molar-refractivity contribution in [1.29, 1.82) is 0 Å². The van der Waals surface area contributed by atoms with Gasteiger partial charge in [-0.3, -0.25) is 9.59 Å². The molecular weight excluding hydrogens is 380 g/mol. The number of aryl methyl sites for hydroxylation is 1. The van der Waals surface area contributed by atoms with Crippen LogP contribution in [0, 0.1) is 0 Å². The van der Waals surface area contributed by atoms with Crippen molar-refractivity contribution in [2.24, 2.45) is 7.05 Å². The van der Waals surface area contributed by atoms with Gasteiger partial charge in [0.05, 0.1) is 5.69 Å². The molecular formula is C22H24N6O2. The SMILES string of the molecule is Cn1nc(C(=O)Nc2ccc(-c3ccc(N4CCCCCC4)nn3)cc2)ccc1=O. The van der Waals surface area contributed by atoms with E-state index in [0.717, 1.165) is 34.8 Å². The quantitative estimate of drug-likeness (QED) is 0.719. The Morgan fingerprint density at radius 3 is 2.27 bits per heavy atom. The lowest BCUT2D eigenvalue weighted by Gasteiger charge is -2.20. The van der Waals surface area contributed by atoms with Gasteiger partial charge in [0.2, 0.25) is 0 Å². The summed E-state index contributed by atoms with van der Waals surface area (Å²) in [5, 5.41) is 15.5. The topological polar surface area (TPSA) is 93.0 Å². The monoisotopic (exact) mass is 404 g/mol. The Balaban J connectivity index is 1.43. The molecule has 30 heavy (non-hydrogen) atoms. The third-order valence-electron chi connectivity index (χ3n) is 5.21. The zero-order valence-electron chi connectivity index (χ0n) is 16.9. The molecule has 3 aromatic rings. The van der Waals surface area contributed by atoms with Gasteiger partial charge in [-0.1, -0.05) is 25.0 Å². The van der Waals surface area contributed by atoms with Crippen LogP contribution in [0.3, 0.4) is 0 Å². The second-order valence-electron chi connectivity index (χ2n) is 7.39. The number of carbonyl (C=O) groups is 1. The molecule has 8 heteroatoms. The number of nitrogens with one attached hydrogen (secondary N) is 1. The number of nitrogens with zero attached hydrogens (tertiary/aromatic N) is 5. The van der Waals surface area contributed by atoms with E-state index in [-0.39, 0.29) is 17.2 Å². The van der Waals surface area contributed by atoms with E-state index in [1.54, 1.807) is 12.1 Å². The number of amides is 1. The lowest BCUT2D eigenvalue weighted by Crippen LogP contribution is -2.25. The summed E-state index contributed by atoms with van der Waals surface area (Å²) in [4.78, 5) is 26.0. The normalized spacial score (nSPS) is 14.2. The van der Waals surface area contributed by atoms with Gasteiger partial charge in [0.1, 0.15) is 5.69 Å². The molecule has 1 amide bonds. The third kappa shape index (κ3) is 4.53. The molecule has 0 radical (unpaired) electrons. The smallest absolute Gasteiger partial charge is 0.276 e. The van der Waals surface area contributed by atoms with Crippen LogP contribution >= 0.6 is 0 Å². The third-order valence-corrected chi connectivity index (χ3v) is 5.21. The molecule has 4 rings (SSSR count). The van der Waals surface area contributed by atoms with E-state index < -0.39 is 0 Å². The minimum absolute atomic E-state index is 0.177. The van der Waals surface area contributed by atoms with Crippen LogP contribution in [0.15, 0.2) is 53.3 Å². The first kappa shape index (κ1) is 19.8. The minimum Gasteiger partial charge on any atom is -0.355 e. The summed E-state index contributed by atoms with van der Waals surface area (Å²) in [6.07, 6.45) is 4.96. The molecule has 0 unspecified atom stereocenters. The van der Waals surface area contributed by atoms with Crippen LogP contribution in [0.1, 0.15) is 36.2 Å². The van der Waals surface area contributed by atoms with Crippen molar-refractivity contribution in [2.45, 2.75) is 25.7 Å². The summed E-state index contributed by atoms with van der Waals surface area (Å²) in [7, 11) is 1.51. The molecule has 1 aliphatic rings. The molecule has 3 heterocycles. The molecule has 1 aromatic carbocycles. The largest absolute Gasteiger partial charge is 0.355 e. The van der Waals surface area contributed by atoms with Crippen LogP contribution in [-0.2, 0) is 7.05 Å². The molecule has 0 spiro atoms. The highest BCUT2D eigenvalue weighted by molar-refractivity contribution is 6.02. The van der Waals surface area contributed by atoms with Crippen molar-refractivity contribution >= 4 is 17.4 Å². The van der Waals surface area contributed by atoms with Crippen molar-refractivity contribution in [3.05, 3.63) is 64.6 Å². The Kier molecular flexibility index (Phi) is 5.83. The number of anilines is 2. The number of aromatic nitrogens is 4. The second kappa shape index (κ2) is 8.86. The van der Waals surface area contributed by atoms with E-state index in [9.17, 15) is 9.59 Å². The van der Waals surface area contributed by atoms with Crippen LogP contribution in [0.4, 0.5) is 11.5 Å². The van der Waals surface area contributed by atoms with Crippen LogP contribution in [0.25, 0.3) is 11.3 Å². The van der Waals surface area contributed by atoms with E-state index in [2.05, 4.69) is 25.5 Å². The zero-order chi connectivity index (χ0) is 20.9. The van der Waals surface area contributed by atoms with Crippen LogP contribution < -0.4 is 15.8 Å². The Bertz CT molecular complexity index is 1070. The molecule has 154 valence electrons. The second-order valence-corrected chi connectivity index (χ2v) is 7.39. The fourth-order valence-electron chi connectivity index (χ4n) is 3.49. The average Bonchev–Trinajstić information content (AvgIpc) is 3.06. The Morgan fingerprint density at radius 1 is 0.900 bits per heavy atom. The summed E-state index contributed by atoms with van der Waals surface area (Å²) < 4.78 is 1.13. The predicted octanol–water partition coefficient (Wildman–Crippen LogP) is 2.87. The van der Waals surface area contributed by atoms with Crippen LogP contribution in [-0.4, -0.2) is 39.0 Å². The Labute approximate surface area is 174 Å². The summed E-state index contributed by atoms with van der Waals surface area (Å²) in [5.74, 6) is 0.550. The summed E-state index contributed by atoms with van der Waals surface area (Å²) >= 11 is 0. The first-order chi connectivity index (χ1) is 14.6. The fraction of sp³-hybridized carbons (Fsp3) is 0.318. The molecule has 1 saturated heterocycles. The highest BCUT2D eigenvalue weighted by Gasteiger charge is 2.12. The zero-order valence-corrected chi connectivity index (χ0v) is 16.9. The van der Waals surface area contributed by atoms with E-state index in [4.69, 9.17) is 0 Å². The average molecular weight is 404 g/mol. The fourth-order valence-corrected chi connectivity index (χ4v) is 3.49. The van der Waals surface area contributed by atoms with Gasteiger partial charge in [-0.15, -0.1) is 10.2 Å². The van der Waals surface area contributed by atoms with Crippen molar-refractivity contribution < 1.29 is 4.79 Å². The summed E-state index contributed by atoms with van der Waals surface area (Å²) in [6.45, 7) is 2.07. The Morgan fingerprint density at radius 2 is 1.63 bits per heavy atom. The van der Waals surface area contributed by atoms with Crippen molar-refractivity contribution in [3.8, 4) is 11.3 Å². The lowest BCUT2D eigenvalue weighted by molar-refractivity contribution is 0.102. The van der Waals surface area contributed by atoms with Gasteiger partial charge in [0.25, 0.3) is 11.5 Å². The first-order valence-electron chi connectivity index (χ1n) is 10.1. The van der Waals surface area contributed by atoms with E-state index in [1.807, 2.05) is 24.3 Å². The lowest BCUT2D eigenvalue weighted by atomic mass is 10.1. The number of carbonyl (C=O) groups excluding carboxylic acids is 1. The number of benzene rings is 1. The highest BCUT2D eigenvalue weighted by Crippen LogP contribution is 2.22. The van der Waals surface area contributed by atoms with E-state index in [0.29, 0.717) is 5.69 Å². The van der Waals surface area contributed by atoms with E-state index in [1.165, 1.54) is 44.9 Å². The van der Waals surface area contributed by atoms with Gasteiger partial charge in [-0.2, -0.15) is 5.10 Å². The predicted molar refractivity (Wildman–Crippen MR) is 116 cm³/mol. The van der Waals surface area contributed by atoms with Crippen molar-refractivity contribution in [2.75, 3.05) is 23.3 Å². The number of hydrogen-bond donors (Lipinski definition) is 1. The number of hydrogen-bond acceptors (Lipinski definition) is 6. The molecule has 1 aliphatic heterocycles. The highest BCUT2D eigenvalue weighted by atomic mass is 16.2. The van der Waals surface area contributed by atoms with Crippen molar-refractivity contribution in [3.63, 3.8) is 0 Å². The molecule has 0 saturated carbocycles. The van der Waals surface area contributed by atoms with Gasteiger partial charge >= 0.3 is 0 Å². The molecule has 0 bridgehead atoms. The maximum Gasteiger partial charge on any atom is 0.276 e. The van der Waals surface area contributed by atoms with Gasteiger partial charge in [-0.25, -0.2) is 4.68 Å². The molecule has 1 fully saturated rings. The number of rotatable bonds is 4. The first-order valence-corrected chi connectivity index (χ1v) is 10.1. The molecule has 1 N–H and O–H groups in total. The molecule has 2 aromatic heterocycles.